The second-order valence-electron chi connectivity index (χ2n) is 6.60. The van der Waals surface area contributed by atoms with Crippen LogP contribution in [0.5, 0.6) is 0 Å². The molecule has 1 N–H and O–H groups in total. The van der Waals surface area contributed by atoms with E-state index in [4.69, 9.17) is 5.26 Å². The predicted molar refractivity (Wildman–Crippen MR) is 105 cm³/mol. The van der Waals surface area contributed by atoms with Crippen LogP contribution >= 0.6 is 0 Å². The third kappa shape index (κ3) is 3.25. The zero-order valence-corrected chi connectivity index (χ0v) is 14.9. The molecule has 0 spiro atoms. The Bertz CT molecular complexity index is 1040. The summed E-state index contributed by atoms with van der Waals surface area (Å²) in [6.45, 7) is 2.18. The molecule has 0 radical (unpaired) electrons. The van der Waals surface area contributed by atoms with Crippen molar-refractivity contribution >= 4 is 23.0 Å². The Morgan fingerprint density at radius 2 is 2.04 bits per heavy atom. The molecule has 0 saturated carbocycles. The normalized spacial score (nSPS) is 15.1. The zero-order valence-electron chi connectivity index (χ0n) is 14.9. The summed E-state index contributed by atoms with van der Waals surface area (Å²) in [6.07, 6.45) is 2.73. The molecule has 5 heteroatoms. The van der Waals surface area contributed by atoms with Crippen LogP contribution in [-0.2, 0) is 6.42 Å². The van der Waals surface area contributed by atoms with Crippen LogP contribution in [0, 0.1) is 11.3 Å². The molecule has 1 atom stereocenters. The number of para-hydroxylation sites is 1. The highest BCUT2D eigenvalue weighted by Gasteiger charge is 2.27. The van der Waals surface area contributed by atoms with Gasteiger partial charge in [-0.15, -0.1) is 0 Å². The molecule has 1 aliphatic rings. The van der Waals surface area contributed by atoms with Crippen LogP contribution in [-0.4, -0.2) is 16.9 Å². The monoisotopic (exact) mass is 354 g/mol. The lowest BCUT2D eigenvalue weighted by Gasteiger charge is -2.24. The van der Waals surface area contributed by atoms with Gasteiger partial charge in [-0.05, 0) is 55.3 Å². The summed E-state index contributed by atoms with van der Waals surface area (Å²) in [5.74, 6) is -0.300. The number of anilines is 3. The van der Waals surface area contributed by atoms with E-state index in [0.717, 1.165) is 12.1 Å². The van der Waals surface area contributed by atoms with Crippen LogP contribution < -0.4 is 10.2 Å². The van der Waals surface area contributed by atoms with Crippen molar-refractivity contribution in [3.8, 4) is 6.07 Å². The molecular formula is C22H18N4O. The minimum atomic E-state index is -0.300. The highest BCUT2D eigenvalue weighted by Crippen LogP contribution is 2.37. The average molecular weight is 354 g/mol. The summed E-state index contributed by atoms with van der Waals surface area (Å²) in [6, 6.07) is 21.2. The minimum absolute atomic E-state index is 0.300. The molecular weight excluding hydrogens is 336 g/mol. The highest BCUT2D eigenvalue weighted by molar-refractivity contribution is 6.03. The van der Waals surface area contributed by atoms with Gasteiger partial charge in [0.15, 0.2) is 0 Å². The van der Waals surface area contributed by atoms with Gasteiger partial charge >= 0.3 is 0 Å². The number of nitriles is 1. The Kier molecular flexibility index (Phi) is 4.31. The van der Waals surface area contributed by atoms with Crippen molar-refractivity contribution in [2.75, 3.05) is 10.2 Å². The quantitative estimate of drug-likeness (QED) is 0.762. The molecule has 132 valence electrons. The SMILES string of the molecule is CC1Cc2ccccc2N1c1ccc(C(=O)Nc2cccc(C#N)c2)nc1. The summed E-state index contributed by atoms with van der Waals surface area (Å²) in [7, 11) is 0. The topological polar surface area (TPSA) is 69.0 Å². The van der Waals surface area contributed by atoms with Crippen molar-refractivity contribution in [3.63, 3.8) is 0 Å². The number of carbonyl (C=O) groups is 1. The van der Waals surface area contributed by atoms with Crippen molar-refractivity contribution in [3.05, 3.63) is 83.7 Å². The zero-order chi connectivity index (χ0) is 18.8. The number of nitrogens with one attached hydrogen (secondary N) is 1. The summed E-state index contributed by atoms with van der Waals surface area (Å²) in [5, 5.41) is 11.7. The fraction of sp³-hybridized carbons (Fsp3) is 0.136. The molecule has 1 aromatic heterocycles. The molecule has 1 unspecified atom stereocenters. The first kappa shape index (κ1) is 16.8. The van der Waals surface area contributed by atoms with E-state index >= 15 is 0 Å². The number of fused-ring (bicyclic) bond motifs is 1. The maximum atomic E-state index is 12.4. The minimum Gasteiger partial charge on any atom is -0.337 e. The van der Waals surface area contributed by atoms with Crippen LogP contribution in [0.15, 0.2) is 66.9 Å². The molecule has 0 aliphatic carbocycles. The molecule has 2 aromatic carbocycles. The van der Waals surface area contributed by atoms with Crippen molar-refractivity contribution in [2.45, 2.75) is 19.4 Å². The van der Waals surface area contributed by atoms with E-state index in [0.29, 0.717) is 23.0 Å². The molecule has 1 aliphatic heterocycles. The van der Waals surface area contributed by atoms with Gasteiger partial charge in [-0.2, -0.15) is 5.26 Å². The van der Waals surface area contributed by atoms with E-state index in [1.807, 2.05) is 12.1 Å². The number of nitrogens with zero attached hydrogens (tertiary/aromatic N) is 3. The molecule has 0 saturated heterocycles. The standard InChI is InChI=1S/C22H18N4O/c1-15-11-17-6-2-3-8-21(17)26(15)19-9-10-20(24-14-19)22(27)25-18-7-4-5-16(12-18)13-23/h2-10,12,14-15H,11H2,1H3,(H,25,27). The van der Waals surface area contributed by atoms with Gasteiger partial charge < -0.3 is 10.2 Å². The number of aromatic nitrogens is 1. The number of hydrogen-bond donors (Lipinski definition) is 1. The van der Waals surface area contributed by atoms with Crippen molar-refractivity contribution in [1.82, 2.24) is 4.98 Å². The largest absolute Gasteiger partial charge is 0.337 e. The molecule has 5 nitrogen and oxygen atoms in total. The van der Waals surface area contributed by atoms with Crippen molar-refractivity contribution in [2.24, 2.45) is 0 Å². The predicted octanol–water partition coefficient (Wildman–Crippen LogP) is 4.29. The van der Waals surface area contributed by atoms with Gasteiger partial charge in [-0.25, -0.2) is 4.98 Å². The molecule has 2 heterocycles. The highest BCUT2D eigenvalue weighted by atomic mass is 16.1. The number of pyridine rings is 1. The molecule has 0 bridgehead atoms. The van der Waals surface area contributed by atoms with Gasteiger partial charge in [0.2, 0.25) is 0 Å². The Morgan fingerprint density at radius 3 is 2.81 bits per heavy atom. The van der Waals surface area contributed by atoms with Gasteiger partial charge in [0, 0.05) is 17.4 Å². The second kappa shape index (κ2) is 6.93. The lowest BCUT2D eigenvalue weighted by atomic mass is 10.1. The summed E-state index contributed by atoms with van der Waals surface area (Å²) in [5.41, 5.74) is 4.89. The van der Waals surface area contributed by atoms with Crippen molar-refractivity contribution in [1.29, 1.82) is 5.26 Å². The van der Waals surface area contributed by atoms with E-state index in [1.165, 1.54) is 11.3 Å². The number of rotatable bonds is 3. The molecule has 1 amide bonds. The second-order valence-corrected chi connectivity index (χ2v) is 6.60. The Morgan fingerprint density at radius 1 is 1.19 bits per heavy atom. The van der Waals surface area contributed by atoms with E-state index < -0.39 is 0 Å². The summed E-state index contributed by atoms with van der Waals surface area (Å²) < 4.78 is 0. The number of carbonyl (C=O) groups excluding carboxylic acids is 1. The Labute approximate surface area is 157 Å². The maximum absolute atomic E-state index is 12.4. The van der Waals surface area contributed by atoms with Crippen LogP contribution in [0.1, 0.15) is 28.5 Å². The van der Waals surface area contributed by atoms with Crippen LogP contribution in [0.2, 0.25) is 0 Å². The van der Waals surface area contributed by atoms with Gasteiger partial charge in [-0.1, -0.05) is 24.3 Å². The van der Waals surface area contributed by atoms with Crippen LogP contribution in [0.4, 0.5) is 17.1 Å². The molecule has 0 fully saturated rings. The first-order chi connectivity index (χ1) is 13.2. The number of benzene rings is 2. The van der Waals surface area contributed by atoms with E-state index in [9.17, 15) is 4.79 Å². The first-order valence-corrected chi connectivity index (χ1v) is 8.80. The van der Waals surface area contributed by atoms with Crippen molar-refractivity contribution < 1.29 is 4.79 Å². The van der Waals surface area contributed by atoms with E-state index in [2.05, 4.69) is 46.4 Å². The van der Waals surface area contributed by atoms with Crippen LogP contribution in [0.25, 0.3) is 0 Å². The van der Waals surface area contributed by atoms with Gasteiger partial charge in [0.25, 0.3) is 5.91 Å². The third-order valence-corrected chi connectivity index (χ3v) is 4.72. The fourth-order valence-electron chi connectivity index (χ4n) is 3.48. The third-order valence-electron chi connectivity index (χ3n) is 4.72. The van der Waals surface area contributed by atoms with E-state index in [-0.39, 0.29) is 5.91 Å². The molecule has 4 rings (SSSR count). The first-order valence-electron chi connectivity index (χ1n) is 8.80. The molecule has 27 heavy (non-hydrogen) atoms. The van der Waals surface area contributed by atoms with Gasteiger partial charge in [0.1, 0.15) is 5.69 Å². The number of amides is 1. The smallest absolute Gasteiger partial charge is 0.274 e. The Balaban J connectivity index is 1.54. The fourth-order valence-corrected chi connectivity index (χ4v) is 3.48. The van der Waals surface area contributed by atoms with Gasteiger partial charge in [-0.3, -0.25) is 4.79 Å². The number of hydrogen-bond acceptors (Lipinski definition) is 4. The maximum Gasteiger partial charge on any atom is 0.274 e. The Hall–Kier alpha value is -3.65. The van der Waals surface area contributed by atoms with Crippen LogP contribution in [0.3, 0.4) is 0 Å². The summed E-state index contributed by atoms with van der Waals surface area (Å²) in [4.78, 5) is 19.0. The van der Waals surface area contributed by atoms with Gasteiger partial charge in [0.05, 0.1) is 23.5 Å². The molecule has 3 aromatic rings. The average Bonchev–Trinajstić information content (AvgIpc) is 3.04. The summed E-state index contributed by atoms with van der Waals surface area (Å²) >= 11 is 0. The lowest BCUT2D eigenvalue weighted by Crippen LogP contribution is -2.24. The lowest BCUT2D eigenvalue weighted by molar-refractivity contribution is 0.102. The van der Waals surface area contributed by atoms with E-state index in [1.54, 1.807) is 36.5 Å².